The Balaban J connectivity index is 1.80. The second kappa shape index (κ2) is 7.54. The van der Waals surface area contributed by atoms with Gasteiger partial charge in [-0.1, -0.05) is 31.9 Å². The van der Waals surface area contributed by atoms with Crippen molar-refractivity contribution in [2.24, 2.45) is 0 Å². The van der Waals surface area contributed by atoms with Gasteiger partial charge in [0.1, 0.15) is 0 Å². The molecule has 1 atom stereocenters. The van der Waals surface area contributed by atoms with E-state index in [1.54, 1.807) is 0 Å². The SMILES string of the molecule is CCCCC(C)Nc1ccc(CN2CCCC2)cc1. The van der Waals surface area contributed by atoms with Crippen molar-refractivity contribution in [3.05, 3.63) is 29.8 Å². The van der Waals surface area contributed by atoms with Crippen LogP contribution in [0.5, 0.6) is 0 Å². The molecule has 1 N–H and O–H groups in total. The zero-order chi connectivity index (χ0) is 13.5. The third-order valence-corrected chi connectivity index (χ3v) is 3.96. The molecule has 0 amide bonds. The van der Waals surface area contributed by atoms with Gasteiger partial charge in [0.15, 0.2) is 0 Å². The smallest absolute Gasteiger partial charge is 0.0342 e. The fourth-order valence-electron chi connectivity index (χ4n) is 2.77. The molecule has 1 fully saturated rings. The molecule has 1 aromatic carbocycles. The number of nitrogens with one attached hydrogen (secondary N) is 1. The molecule has 1 aromatic rings. The fraction of sp³-hybridized carbons (Fsp3) is 0.647. The van der Waals surface area contributed by atoms with Gasteiger partial charge in [0, 0.05) is 18.3 Å². The molecule has 0 aliphatic carbocycles. The van der Waals surface area contributed by atoms with Gasteiger partial charge in [-0.2, -0.15) is 0 Å². The fourth-order valence-corrected chi connectivity index (χ4v) is 2.77. The highest BCUT2D eigenvalue weighted by Crippen LogP contribution is 2.16. The van der Waals surface area contributed by atoms with Crippen molar-refractivity contribution in [2.45, 2.75) is 58.5 Å². The molecule has 0 saturated carbocycles. The summed E-state index contributed by atoms with van der Waals surface area (Å²) in [6, 6.07) is 9.58. The van der Waals surface area contributed by atoms with E-state index in [0.29, 0.717) is 6.04 Å². The lowest BCUT2D eigenvalue weighted by Crippen LogP contribution is -2.18. The molecule has 0 aromatic heterocycles. The van der Waals surface area contributed by atoms with Crippen LogP contribution in [-0.2, 0) is 6.54 Å². The van der Waals surface area contributed by atoms with Crippen LogP contribution in [0.25, 0.3) is 0 Å². The lowest BCUT2D eigenvalue weighted by Gasteiger charge is -2.17. The maximum atomic E-state index is 3.58. The molecule has 19 heavy (non-hydrogen) atoms. The highest BCUT2D eigenvalue weighted by molar-refractivity contribution is 5.45. The second-order valence-corrected chi connectivity index (χ2v) is 5.87. The van der Waals surface area contributed by atoms with E-state index in [2.05, 4.69) is 48.3 Å². The Morgan fingerprint density at radius 3 is 2.47 bits per heavy atom. The van der Waals surface area contributed by atoms with Gasteiger partial charge in [-0.15, -0.1) is 0 Å². The van der Waals surface area contributed by atoms with Gasteiger partial charge < -0.3 is 5.32 Å². The first kappa shape index (κ1) is 14.4. The Bertz CT molecular complexity index is 352. The summed E-state index contributed by atoms with van der Waals surface area (Å²) >= 11 is 0. The molecule has 1 aliphatic rings. The standard InChI is InChI=1S/C17H28N2/c1-3-4-7-15(2)18-17-10-8-16(9-11-17)14-19-12-5-6-13-19/h8-11,15,18H,3-7,12-14H2,1-2H3. The Labute approximate surface area is 118 Å². The maximum Gasteiger partial charge on any atom is 0.0342 e. The molecular formula is C17H28N2. The number of nitrogens with zero attached hydrogens (tertiary/aromatic N) is 1. The van der Waals surface area contributed by atoms with Crippen LogP contribution in [-0.4, -0.2) is 24.0 Å². The first-order chi connectivity index (χ1) is 9.28. The normalized spacial score (nSPS) is 17.6. The summed E-state index contributed by atoms with van der Waals surface area (Å²) in [5.41, 5.74) is 2.70. The Kier molecular flexibility index (Phi) is 5.71. The van der Waals surface area contributed by atoms with Crippen LogP contribution in [0.1, 0.15) is 51.5 Å². The third kappa shape index (κ3) is 4.87. The van der Waals surface area contributed by atoms with Gasteiger partial charge in [0.05, 0.1) is 0 Å². The van der Waals surface area contributed by atoms with Crippen molar-refractivity contribution in [1.29, 1.82) is 0 Å². The van der Waals surface area contributed by atoms with Crippen LogP contribution in [0.15, 0.2) is 24.3 Å². The van der Waals surface area contributed by atoms with E-state index in [1.165, 1.54) is 56.4 Å². The van der Waals surface area contributed by atoms with E-state index in [0.717, 1.165) is 6.54 Å². The van der Waals surface area contributed by atoms with Crippen molar-refractivity contribution in [1.82, 2.24) is 4.90 Å². The monoisotopic (exact) mass is 260 g/mol. The van der Waals surface area contributed by atoms with E-state index >= 15 is 0 Å². The van der Waals surface area contributed by atoms with E-state index in [4.69, 9.17) is 0 Å². The molecule has 2 heteroatoms. The largest absolute Gasteiger partial charge is 0.383 e. The zero-order valence-electron chi connectivity index (χ0n) is 12.5. The van der Waals surface area contributed by atoms with Crippen LogP contribution >= 0.6 is 0 Å². The van der Waals surface area contributed by atoms with E-state index < -0.39 is 0 Å². The van der Waals surface area contributed by atoms with Crippen molar-refractivity contribution < 1.29 is 0 Å². The molecule has 106 valence electrons. The van der Waals surface area contributed by atoms with Crippen molar-refractivity contribution in [3.8, 4) is 0 Å². The zero-order valence-corrected chi connectivity index (χ0v) is 12.5. The third-order valence-electron chi connectivity index (χ3n) is 3.96. The van der Waals surface area contributed by atoms with E-state index in [1.807, 2.05) is 0 Å². The Morgan fingerprint density at radius 2 is 1.84 bits per heavy atom. The molecule has 0 radical (unpaired) electrons. The first-order valence-corrected chi connectivity index (χ1v) is 7.85. The number of unbranched alkanes of at least 4 members (excludes halogenated alkanes) is 1. The number of rotatable bonds is 7. The van der Waals surface area contributed by atoms with Crippen LogP contribution in [0.4, 0.5) is 5.69 Å². The highest BCUT2D eigenvalue weighted by atomic mass is 15.1. The molecule has 2 rings (SSSR count). The van der Waals surface area contributed by atoms with Gasteiger partial charge in [0.2, 0.25) is 0 Å². The Hall–Kier alpha value is -1.02. The number of likely N-dealkylation sites (tertiary alicyclic amines) is 1. The summed E-state index contributed by atoms with van der Waals surface area (Å²) in [5.74, 6) is 0. The second-order valence-electron chi connectivity index (χ2n) is 5.87. The van der Waals surface area contributed by atoms with Gasteiger partial charge in [-0.3, -0.25) is 4.90 Å². The average molecular weight is 260 g/mol. The van der Waals surface area contributed by atoms with Gasteiger partial charge in [-0.25, -0.2) is 0 Å². The average Bonchev–Trinajstić information content (AvgIpc) is 2.91. The molecular weight excluding hydrogens is 232 g/mol. The quantitative estimate of drug-likeness (QED) is 0.787. The molecule has 0 bridgehead atoms. The van der Waals surface area contributed by atoms with Crippen molar-refractivity contribution in [2.75, 3.05) is 18.4 Å². The van der Waals surface area contributed by atoms with Crippen LogP contribution in [0, 0.1) is 0 Å². The van der Waals surface area contributed by atoms with Gasteiger partial charge in [-0.05, 0) is 57.0 Å². The number of anilines is 1. The van der Waals surface area contributed by atoms with E-state index in [-0.39, 0.29) is 0 Å². The van der Waals surface area contributed by atoms with Crippen LogP contribution < -0.4 is 5.32 Å². The number of hydrogen-bond donors (Lipinski definition) is 1. The molecule has 1 unspecified atom stereocenters. The topological polar surface area (TPSA) is 15.3 Å². The van der Waals surface area contributed by atoms with Crippen molar-refractivity contribution in [3.63, 3.8) is 0 Å². The molecule has 1 aliphatic heterocycles. The van der Waals surface area contributed by atoms with Crippen LogP contribution in [0.2, 0.25) is 0 Å². The number of hydrogen-bond acceptors (Lipinski definition) is 2. The predicted octanol–water partition coefficient (Wildman–Crippen LogP) is 4.27. The highest BCUT2D eigenvalue weighted by Gasteiger charge is 2.11. The minimum atomic E-state index is 0.574. The Morgan fingerprint density at radius 1 is 1.16 bits per heavy atom. The summed E-state index contributed by atoms with van der Waals surface area (Å²) in [4.78, 5) is 2.55. The van der Waals surface area contributed by atoms with E-state index in [9.17, 15) is 0 Å². The maximum absolute atomic E-state index is 3.58. The first-order valence-electron chi connectivity index (χ1n) is 7.85. The summed E-state index contributed by atoms with van der Waals surface area (Å²) in [6.45, 7) is 8.18. The van der Waals surface area contributed by atoms with Crippen molar-refractivity contribution >= 4 is 5.69 Å². The molecule has 2 nitrogen and oxygen atoms in total. The summed E-state index contributed by atoms with van der Waals surface area (Å²) in [6.07, 6.45) is 6.58. The number of benzene rings is 1. The molecule has 1 heterocycles. The molecule has 1 saturated heterocycles. The minimum absolute atomic E-state index is 0.574. The summed E-state index contributed by atoms with van der Waals surface area (Å²) < 4.78 is 0. The summed E-state index contributed by atoms with van der Waals surface area (Å²) in [5, 5.41) is 3.58. The van der Waals surface area contributed by atoms with Gasteiger partial charge >= 0.3 is 0 Å². The lowest BCUT2D eigenvalue weighted by molar-refractivity contribution is 0.331. The lowest BCUT2D eigenvalue weighted by atomic mass is 10.1. The molecule has 0 spiro atoms. The predicted molar refractivity (Wildman–Crippen MR) is 83.6 cm³/mol. The van der Waals surface area contributed by atoms with Gasteiger partial charge in [0.25, 0.3) is 0 Å². The summed E-state index contributed by atoms with van der Waals surface area (Å²) in [7, 11) is 0. The van der Waals surface area contributed by atoms with Crippen LogP contribution in [0.3, 0.4) is 0 Å². The minimum Gasteiger partial charge on any atom is -0.383 e.